The summed E-state index contributed by atoms with van der Waals surface area (Å²) in [6, 6.07) is 7.06. The second kappa shape index (κ2) is 6.26. The van der Waals surface area contributed by atoms with Gasteiger partial charge in [-0.15, -0.1) is 0 Å². The number of ether oxygens (including phenoxy) is 2. The summed E-state index contributed by atoms with van der Waals surface area (Å²) in [5, 5.41) is 2.73. The first-order chi connectivity index (χ1) is 8.44. The number of rotatable bonds is 6. The van der Waals surface area contributed by atoms with E-state index in [0.717, 1.165) is 0 Å². The molecule has 0 bridgehead atoms. The van der Waals surface area contributed by atoms with Gasteiger partial charge in [-0.25, -0.2) is 0 Å². The van der Waals surface area contributed by atoms with Crippen LogP contribution < -0.4 is 15.8 Å². The number of carbonyl (C=O) groups is 1. The lowest BCUT2D eigenvalue weighted by atomic mass is 10.1. The summed E-state index contributed by atoms with van der Waals surface area (Å²) in [5.74, 6) is 0.307. The Hall–Kier alpha value is -1.75. The molecule has 1 rings (SSSR count). The SMILES string of the molecule is COC(C)(C)CNC(=O)COc1ccccc1N. The van der Waals surface area contributed by atoms with Crippen LogP contribution in [0.4, 0.5) is 5.69 Å². The van der Waals surface area contributed by atoms with Crippen molar-refractivity contribution in [1.82, 2.24) is 5.32 Å². The van der Waals surface area contributed by atoms with Crippen LogP contribution in [-0.4, -0.2) is 31.8 Å². The Morgan fingerprint density at radius 2 is 2.06 bits per heavy atom. The molecule has 0 atom stereocenters. The van der Waals surface area contributed by atoms with Crippen molar-refractivity contribution in [3.63, 3.8) is 0 Å². The molecular formula is C13H20N2O3. The largest absolute Gasteiger partial charge is 0.482 e. The van der Waals surface area contributed by atoms with Crippen molar-refractivity contribution in [2.75, 3.05) is 26.0 Å². The smallest absolute Gasteiger partial charge is 0.258 e. The lowest BCUT2D eigenvalue weighted by Crippen LogP contribution is -2.41. The van der Waals surface area contributed by atoms with Crippen LogP contribution in [0.5, 0.6) is 5.75 Å². The Morgan fingerprint density at radius 1 is 1.39 bits per heavy atom. The number of nitrogen functional groups attached to an aromatic ring is 1. The molecule has 5 nitrogen and oxygen atoms in total. The highest BCUT2D eigenvalue weighted by atomic mass is 16.5. The van der Waals surface area contributed by atoms with E-state index in [1.165, 1.54) is 0 Å². The van der Waals surface area contributed by atoms with E-state index in [9.17, 15) is 4.79 Å². The van der Waals surface area contributed by atoms with Gasteiger partial charge in [-0.3, -0.25) is 4.79 Å². The van der Waals surface area contributed by atoms with Gasteiger partial charge in [0.25, 0.3) is 5.91 Å². The van der Waals surface area contributed by atoms with E-state index in [-0.39, 0.29) is 18.1 Å². The van der Waals surface area contributed by atoms with Crippen LogP contribution in [0.15, 0.2) is 24.3 Å². The third-order valence-electron chi connectivity index (χ3n) is 2.54. The minimum Gasteiger partial charge on any atom is -0.482 e. The second-order valence-corrected chi connectivity index (χ2v) is 4.57. The van der Waals surface area contributed by atoms with Gasteiger partial charge in [0.05, 0.1) is 11.3 Å². The number of hydrogen-bond donors (Lipinski definition) is 2. The Balaban J connectivity index is 2.36. The van der Waals surface area contributed by atoms with E-state index >= 15 is 0 Å². The third kappa shape index (κ3) is 4.63. The molecule has 0 unspecified atom stereocenters. The molecule has 0 aliphatic carbocycles. The topological polar surface area (TPSA) is 73.6 Å². The number of para-hydroxylation sites is 2. The minimum absolute atomic E-state index is 0.0615. The standard InChI is InChI=1S/C13H20N2O3/c1-13(2,17-3)9-15-12(16)8-18-11-7-5-4-6-10(11)14/h4-7H,8-9,14H2,1-3H3,(H,15,16). The van der Waals surface area contributed by atoms with E-state index < -0.39 is 0 Å². The molecular weight excluding hydrogens is 232 g/mol. The predicted molar refractivity (Wildman–Crippen MR) is 70.4 cm³/mol. The zero-order chi connectivity index (χ0) is 13.6. The van der Waals surface area contributed by atoms with Crippen molar-refractivity contribution in [3.8, 4) is 5.75 Å². The molecule has 1 amide bonds. The summed E-state index contributed by atoms with van der Waals surface area (Å²) in [4.78, 5) is 11.6. The zero-order valence-corrected chi connectivity index (χ0v) is 11.0. The average Bonchev–Trinajstić information content (AvgIpc) is 2.35. The molecule has 0 heterocycles. The number of carbonyl (C=O) groups excluding carboxylic acids is 1. The van der Waals surface area contributed by atoms with Crippen molar-refractivity contribution in [3.05, 3.63) is 24.3 Å². The summed E-state index contributed by atoms with van der Waals surface area (Å²) < 4.78 is 10.5. The van der Waals surface area contributed by atoms with Gasteiger partial charge in [-0.1, -0.05) is 12.1 Å². The quantitative estimate of drug-likeness (QED) is 0.746. The van der Waals surface area contributed by atoms with Crippen molar-refractivity contribution in [2.24, 2.45) is 0 Å². The number of nitrogens with two attached hydrogens (primary N) is 1. The molecule has 3 N–H and O–H groups in total. The zero-order valence-electron chi connectivity index (χ0n) is 11.0. The van der Waals surface area contributed by atoms with Crippen LogP contribution in [0.25, 0.3) is 0 Å². The highest BCUT2D eigenvalue weighted by Gasteiger charge is 2.17. The van der Waals surface area contributed by atoms with Crippen LogP contribution >= 0.6 is 0 Å². The molecule has 1 aromatic carbocycles. The third-order valence-corrected chi connectivity index (χ3v) is 2.54. The second-order valence-electron chi connectivity index (χ2n) is 4.57. The Bertz CT molecular complexity index is 405. The van der Waals surface area contributed by atoms with Crippen molar-refractivity contribution < 1.29 is 14.3 Å². The first kappa shape index (κ1) is 14.3. The van der Waals surface area contributed by atoms with E-state index in [0.29, 0.717) is 18.0 Å². The van der Waals surface area contributed by atoms with Crippen LogP contribution in [0, 0.1) is 0 Å². The molecule has 0 saturated heterocycles. The van der Waals surface area contributed by atoms with E-state index in [4.69, 9.17) is 15.2 Å². The Kier molecular flexibility index (Phi) is 4.97. The van der Waals surface area contributed by atoms with Gasteiger partial charge in [-0.05, 0) is 26.0 Å². The molecule has 0 spiro atoms. The lowest BCUT2D eigenvalue weighted by Gasteiger charge is -2.23. The molecule has 0 radical (unpaired) electrons. The van der Waals surface area contributed by atoms with Gasteiger partial charge in [0.1, 0.15) is 5.75 Å². The highest BCUT2D eigenvalue weighted by molar-refractivity contribution is 5.77. The summed E-state index contributed by atoms with van der Waals surface area (Å²) in [6.45, 7) is 4.15. The Morgan fingerprint density at radius 3 is 2.67 bits per heavy atom. The highest BCUT2D eigenvalue weighted by Crippen LogP contribution is 2.19. The molecule has 5 heteroatoms. The molecule has 1 aromatic rings. The normalized spacial score (nSPS) is 11.1. The molecule has 0 aliphatic heterocycles. The first-order valence-corrected chi connectivity index (χ1v) is 5.74. The predicted octanol–water partition coefficient (Wildman–Crippen LogP) is 1.19. The van der Waals surface area contributed by atoms with Gasteiger partial charge in [-0.2, -0.15) is 0 Å². The van der Waals surface area contributed by atoms with Crippen molar-refractivity contribution in [2.45, 2.75) is 19.4 Å². The Labute approximate surface area is 107 Å². The van der Waals surface area contributed by atoms with Crippen molar-refractivity contribution >= 4 is 11.6 Å². The lowest BCUT2D eigenvalue weighted by molar-refractivity contribution is -0.124. The van der Waals surface area contributed by atoms with Gasteiger partial charge in [0.2, 0.25) is 0 Å². The molecule has 18 heavy (non-hydrogen) atoms. The van der Waals surface area contributed by atoms with Crippen molar-refractivity contribution in [1.29, 1.82) is 0 Å². The van der Waals surface area contributed by atoms with Crippen LogP contribution in [0.2, 0.25) is 0 Å². The molecule has 100 valence electrons. The van der Waals surface area contributed by atoms with Gasteiger partial charge in [0, 0.05) is 13.7 Å². The fraction of sp³-hybridized carbons (Fsp3) is 0.462. The van der Waals surface area contributed by atoms with Gasteiger partial charge < -0.3 is 20.5 Å². The maximum absolute atomic E-state index is 11.6. The molecule has 0 aliphatic rings. The maximum Gasteiger partial charge on any atom is 0.258 e. The fourth-order valence-electron chi connectivity index (χ4n) is 1.19. The fourth-order valence-corrected chi connectivity index (χ4v) is 1.19. The number of anilines is 1. The molecule has 0 fully saturated rings. The number of amides is 1. The minimum atomic E-state index is -0.387. The van der Waals surface area contributed by atoms with E-state index in [2.05, 4.69) is 5.32 Å². The summed E-state index contributed by atoms with van der Waals surface area (Å²) in [5.41, 5.74) is 5.82. The number of hydrogen-bond acceptors (Lipinski definition) is 4. The summed E-state index contributed by atoms with van der Waals surface area (Å²) in [6.07, 6.45) is 0. The summed E-state index contributed by atoms with van der Waals surface area (Å²) in [7, 11) is 1.60. The monoisotopic (exact) mass is 252 g/mol. The van der Waals surface area contributed by atoms with Gasteiger partial charge >= 0.3 is 0 Å². The first-order valence-electron chi connectivity index (χ1n) is 5.74. The summed E-state index contributed by atoms with van der Waals surface area (Å²) >= 11 is 0. The number of nitrogens with one attached hydrogen (secondary N) is 1. The van der Waals surface area contributed by atoms with Crippen LogP contribution in [0.3, 0.4) is 0 Å². The number of methoxy groups -OCH3 is 1. The maximum atomic E-state index is 11.6. The van der Waals surface area contributed by atoms with Crippen LogP contribution in [-0.2, 0) is 9.53 Å². The van der Waals surface area contributed by atoms with E-state index in [1.54, 1.807) is 25.3 Å². The number of benzene rings is 1. The van der Waals surface area contributed by atoms with E-state index in [1.807, 2.05) is 19.9 Å². The van der Waals surface area contributed by atoms with Crippen LogP contribution in [0.1, 0.15) is 13.8 Å². The van der Waals surface area contributed by atoms with Gasteiger partial charge in [0.15, 0.2) is 6.61 Å². The molecule has 0 saturated carbocycles. The average molecular weight is 252 g/mol. The molecule has 0 aromatic heterocycles.